The summed E-state index contributed by atoms with van der Waals surface area (Å²) in [7, 11) is 0. The first-order valence-corrected chi connectivity index (χ1v) is 12.7. The summed E-state index contributed by atoms with van der Waals surface area (Å²) in [6.45, 7) is 1.81. The second-order valence-electron chi connectivity index (χ2n) is 7.98. The molecule has 0 radical (unpaired) electrons. The predicted molar refractivity (Wildman–Crippen MR) is 135 cm³/mol. The molecule has 0 atom stereocenters. The Kier molecular flexibility index (Phi) is 8.06. The van der Waals surface area contributed by atoms with Crippen molar-refractivity contribution in [2.24, 2.45) is 5.10 Å². The molecule has 172 valence electrons. The third kappa shape index (κ3) is 5.96. The van der Waals surface area contributed by atoms with Crippen LogP contribution in [0, 0.1) is 0 Å². The second kappa shape index (κ2) is 11.2. The summed E-state index contributed by atoms with van der Waals surface area (Å²) in [5.74, 6) is 0.789. The molecule has 1 aliphatic rings. The van der Waals surface area contributed by atoms with E-state index in [-0.39, 0.29) is 11.7 Å². The van der Waals surface area contributed by atoms with E-state index in [1.54, 1.807) is 6.07 Å². The molecule has 4 rings (SSSR count). The highest BCUT2D eigenvalue weighted by Crippen LogP contribution is 2.35. The first-order chi connectivity index (χ1) is 16.0. The zero-order chi connectivity index (χ0) is 23.2. The van der Waals surface area contributed by atoms with E-state index in [0.29, 0.717) is 21.8 Å². The summed E-state index contributed by atoms with van der Waals surface area (Å²) >= 11 is 13.6. The Balaban J connectivity index is 1.48. The maximum absolute atomic E-state index is 12.5. The smallest absolute Gasteiger partial charge is 0.250 e. The number of amides is 1. The van der Waals surface area contributed by atoms with Gasteiger partial charge in [0.15, 0.2) is 11.0 Å². The fraction of sp³-hybridized carbons (Fsp3) is 0.333. The Labute approximate surface area is 207 Å². The van der Waals surface area contributed by atoms with Crippen LogP contribution in [0.2, 0.25) is 10.0 Å². The number of carbonyl (C=O) groups excluding carboxylic acids is 1. The highest BCUT2D eigenvalue weighted by atomic mass is 35.5. The standard InChI is InChI=1S/C24H25Cl2N5OS/c1-16(20-9-5-6-10-21(20)26)27-28-22(32)15-33-24-30-29-23(17-11-13-18(25)14-12-17)31(24)19-7-3-2-4-8-19/h5-6,9-14,19H,2-4,7-8,15H2,1H3,(H,28,32). The van der Waals surface area contributed by atoms with Crippen molar-refractivity contribution in [2.75, 3.05) is 5.75 Å². The number of aromatic nitrogens is 3. The Hall–Kier alpha value is -2.35. The number of hydrogen-bond donors (Lipinski definition) is 1. The zero-order valence-electron chi connectivity index (χ0n) is 18.3. The largest absolute Gasteiger partial charge is 0.299 e. The summed E-state index contributed by atoms with van der Waals surface area (Å²) in [5, 5.41) is 15.1. The van der Waals surface area contributed by atoms with Crippen LogP contribution in [0.4, 0.5) is 0 Å². The lowest BCUT2D eigenvalue weighted by Gasteiger charge is -2.25. The molecule has 2 aromatic carbocycles. The van der Waals surface area contributed by atoms with Crippen molar-refractivity contribution in [3.8, 4) is 11.4 Å². The molecular formula is C24H25Cl2N5OS. The third-order valence-electron chi connectivity index (χ3n) is 5.65. The van der Waals surface area contributed by atoms with Gasteiger partial charge in [-0.15, -0.1) is 10.2 Å². The number of hydrogen-bond acceptors (Lipinski definition) is 5. The maximum atomic E-state index is 12.5. The highest BCUT2D eigenvalue weighted by molar-refractivity contribution is 7.99. The Bertz CT molecular complexity index is 1140. The van der Waals surface area contributed by atoms with Crippen LogP contribution in [0.25, 0.3) is 11.4 Å². The lowest BCUT2D eigenvalue weighted by atomic mass is 9.95. The van der Waals surface area contributed by atoms with Crippen molar-refractivity contribution in [2.45, 2.75) is 50.2 Å². The molecule has 0 spiro atoms. The number of hydrazone groups is 1. The summed E-state index contributed by atoms with van der Waals surface area (Å²) in [4.78, 5) is 12.5. The molecule has 0 bridgehead atoms. The minimum absolute atomic E-state index is 0.185. The van der Waals surface area contributed by atoms with Gasteiger partial charge in [-0.25, -0.2) is 5.43 Å². The molecule has 1 N–H and O–H groups in total. The van der Waals surface area contributed by atoms with Gasteiger partial charge in [-0.2, -0.15) is 5.10 Å². The normalized spacial score (nSPS) is 14.9. The molecule has 1 fully saturated rings. The lowest BCUT2D eigenvalue weighted by molar-refractivity contribution is -0.118. The molecule has 1 saturated carbocycles. The molecule has 33 heavy (non-hydrogen) atoms. The van der Waals surface area contributed by atoms with E-state index in [4.69, 9.17) is 23.2 Å². The number of benzene rings is 2. The van der Waals surface area contributed by atoms with Crippen molar-refractivity contribution < 1.29 is 4.79 Å². The summed E-state index contributed by atoms with van der Waals surface area (Å²) in [5.41, 5.74) is 5.02. The first-order valence-electron chi connectivity index (χ1n) is 10.9. The van der Waals surface area contributed by atoms with E-state index in [2.05, 4.69) is 25.3 Å². The van der Waals surface area contributed by atoms with E-state index in [9.17, 15) is 4.79 Å². The first kappa shape index (κ1) is 23.8. The number of nitrogens with zero attached hydrogens (tertiary/aromatic N) is 4. The summed E-state index contributed by atoms with van der Waals surface area (Å²) in [6, 6.07) is 15.4. The fourth-order valence-corrected chi connectivity index (χ4v) is 5.16. The van der Waals surface area contributed by atoms with Crippen LogP contribution in [0.3, 0.4) is 0 Å². The molecule has 9 heteroatoms. The van der Waals surface area contributed by atoms with Gasteiger partial charge in [0.1, 0.15) is 0 Å². The molecular weight excluding hydrogens is 477 g/mol. The van der Waals surface area contributed by atoms with Gasteiger partial charge in [0.2, 0.25) is 0 Å². The van der Waals surface area contributed by atoms with Crippen LogP contribution in [0.5, 0.6) is 0 Å². The number of halogens is 2. The molecule has 6 nitrogen and oxygen atoms in total. The van der Waals surface area contributed by atoms with Gasteiger partial charge in [-0.05, 0) is 50.1 Å². The Morgan fingerprint density at radius 1 is 1.09 bits per heavy atom. The molecule has 1 aromatic heterocycles. The van der Waals surface area contributed by atoms with Gasteiger partial charge in [0, 0.05) is 27.2 Å². The van der Waals surface area contributed by atoms with Crippen molar-refractivity contribution in [3.05, 3.63) is 64.1 Å². The minimum Gasteiger partial charge on any atom is -0.299 e. The van der Waals surface area contributed by atoms with E-state index >= 15 is 0 Å². The van der Waals surface area contributed by atoms with Crippen LogP contribution >= 0.6 is 35.0 Å². The van der Waals surface area contributed by atoms with E-state index in [1.165, 1.54) is 31.0 Å². The number of thioether (sulfide) groups is 1. The lowest BCUT2D eigenvalue weighted by Crippen LogP contribution is -2.22. The SMILES string of the molecule is CC(=NNC(=O)CSc1nnc(-c2ccc(Cl)cc2)n1C1CCCCC1)c1ccccc1Cl. The van der Waals surface area contributed by atoms with Crippen LogP contribution in [0.1, 0.15) is 50.6 Å². The molecule has 0 aliphatic heterocycles. The van der Waals surface area contributed by atoms with Crippen LogP contribution < -0.4 is 5.43 Å². The molecule has 1 heterocycles. The quantitative estimate of drug-likeness (QED) is 0.231. The van der Waals surface area contributed by atoms with Gasteiger partial charge in [0.05, 0.1) is 11.5 Å². The number of rotatable bonds is 7. The van der Waals surface area contributed by atoms with Crippen LogP contribution in [0.15, 0.2) is 58.8 Å². The fourth-order valence-electron chi connectivity index (χ4n) is 3.96. The Morgan fingerprint density at radius 3 is 2.55 bits per heavy atom. The monoisotopic (exact) mass is 501 g/mol. The predicted octanol–water partition coefficient (Wildman–Crippen LogP) is 6.39. The van der Waals surface area contributed by atoms with Crippen LogP contribution in [-0.4, -0.2) is 32.1 Å². The molecule has 3 aromatic rings. The van der Waals surface area contributed by atoms with Crippen molar-refractivity contribution in [1.29, 1.82) is 0 Å². The van der Waals surface area contributed by atoms with Gasteiger partial charge in [0.25, 0.3) is 5.91 Å². The van der Waals surface area contributed by atoms with Gasteiger partial charge in [-0.3, -0.25) is 9.36 Å². The third-order valence-corrected chi connectivity index (χ3v) is 7.18. The van der Waals surface area contributed by atoms with Gasteiger partial charge < -0.3 is 0 Å². The molecule has 0 saturated heterocycles. The van der Waals surface area contributed by atoms with Crippen molar-refractivity contribution >= 4 is 46.6 Å². The minimum atomic E-state index is -0.211. The van der Waals surface area contributed by atoms with Gasteiger partial charge >= 0.3 is 0 Å². The van der Waals surface area contributed by atoms with Crippen molar-refractivity contribution in [1.82, 2.24) is 20.2 Å². The summed E-state index contributed by atoms with van der Waals surface area (Å²) < 4.78 is 2.19. The van der Waals surface area contributed by atoms with E-state index in [0.717, 1.165) is 34.9 Å². The van der Waals surface area contributed by atoms with E-state index in [1.807, 2.05) is 49.4 Å². The number of carbonyl (C=O) groups is 1. The second-order valence-corrected chi connectivity index (χ2v) is 9.76. The highest BCUT2D eigenvalue weighted by Gasteiger charge is 2.24. The van der Waals surface area contributed by atoms with E-state index < -0.39 is 0 Å². The Morgan fingerprint density at radius 2 is 1.82 bits per heavy atom. The summed E-state index contributed by atoms with van der Waals surface area (Å²) in [6.07, 6.45) is 5.79. The molecule has 0 unspecified atom stereocenters. The van der Waals surface area contributed by atoms with Gasteiger partial charge in [-0.1, -0.05) is 72.4 Å². The average molecular weight is 502 g/mol. The van der Waals surface area contributed by atoms with Crippen LogP contribution in [-0.2, 0) is 4.79 Å². The topological polar surface area (TPSA) is 72.2 Å². The number of nitrogens with one attached hydrogen (secondary N) is 1. The average Bonchev–Trinajstić information content (AvgIpc) is 3.26. The molecule has 1 aliphatic carbocycles. The molecule has 1 amide bonds. The van der Waals surface area contributed by atoms with Crippen molar-refractivity contribution in [3.63, 3.8) is 0 Å². The zero-order valence-corrected chi connectivity index (χ0v) is 20.6. The maximum Gasteiger partial charge on any atom is 0.250 e.